The monoisotopic (exact) mass is 374 g/mol. The molecule has 6 heteroatoms. The van der Waals surface area contributed by atoms with Crippen molar-refractivity contribution in [1.82, 2.24) is 9.80 Å². The second kappa shape index (κ2) is 7.00. The fraction of sp³-hybridized carbons (Fsp3) is 0.381. The van der Waals surface area contributed by atoms with Crippen molar-refractivity contribution < 1.29 is 18.0 Å². The molecule has 0 atom stereocenters. The van der Waals surface area contributed by atoms with Gasteiger partial charge in [0.1, 0.15) is 0 Å². The van der Waals surface area contributed by atoms with E-state index in [-0.39, 0.29) is 12.3 Å². The number of carbonyl (C=O) groups is 1. The summed E-state index contributed by atoms with van der Waals surface area (Å²) in [6.07, 6.45) is -3.17. The average molecular weight is 374 g/mol. The Morgan fingerprint density at radius 1 is 1.00 bits per heavy atom. The summed E-state index contributed by atoms with van der Waals surface area (Å²) in [5.41, 5.74) is 2.69. The highest BCUT2D eigenvalue weighted by atomic mass is 19.4. The summed E-state index contributed by atoms with van der Waals surface area (Å²) in [5.74, 6) is -0.0246. The molecule has 2 heterocycles. The van der Waals surface area contributed by atoms with Crippen LogP contribution in [0.1, 0.15) is 22.3 Å². The first-order chi connectivity index (χ1) is 12.9. The topological polar surface area (TPSA) is 23.6 Å². The van der Waals surface area contributed by atoms with Crippen LogP contribution in [0.2, 0.25) is 0 Å². The van der Waals surface area contributed by atoms with Gasteiger partial charge >= 0.3 is 6.18 Å². The summed E-state index contributed by atoms with van der Waals surface area (Å²) >= 11 is 0. The SMILES string of the molecule is O=C(Cc1ccc(C(F)(F)F)cc1)N1CC(N2CCc3ccccc3C2)C1. The van der Waals surface area contributed by atoms with Gasteiger partial charge in [-0.2, -0.15) is 13.2 Å². The Labute approximate surface area is 156 Å². The molecule has 0 spiro atoms. The Morgan fingerprint density at radius 2 is 1.67 bits per heavy atom. The first-order valence-electron chi connectivity index (χ1n) is 9.15. The fourth-order valence-corrected chi connectivity index (χ4v) is 3.82. The van der Waals surface area contributed by atoms with Crippen molar-refractivity contribution in [3.05, 3.63) is 70.8 Å². The van der Waals surface area contributed by atoms with Crippen molar-refractivity contribution in [2.75, 3.05) is 19.6 Å². The molecule has 4 rings (SSSR count). The zero-order valence-electron chi connectivity index (χ0n) is 14.9. The highest BCUT2D eigenvalue weighted by molar-refractivity contribution is 5.79. The van der Waals surface area contributed by atoms with Crippen molar-refractivity contribution in [3.63, 3.8) is 0 Å². The fourth-order valence-electron chi connectivity index (χ4n) is 3.82. The third-order valence-corrected chi connectivity index (χ3v) is 5.53. The second-order valence-corrected chi connectivity index (χ2v) is 7.31. The second-order valence-electron chi connectivity index (χ2n) is 7.31. The third-order valence-electron chi connectivity index (χ3n) is 5.53. The van der Waals surface area contributed by atoms with Crippen molar-refractivity contribution >= 4 is 5.91 Å². The molecule has 0 saturated carbocycles. The molecule has 1 saturated heterocycles. The summed E-state index contributed by atoms with van der Waals surface area (Å²) in [7, 11) is 0. The van der Waals surface area contributed by atoms with Crippen LogP contribution in [0.4, 0.5) is 13.2 Å². The molecule has 2 aliphatic heterocycles. The highest BCUT2D eigenvalue weighted by Gasteiger charge is 2.36. The quantitative estimate of drug-likeness (QED) is 0.821. The van der Waals surface area contributed by atoms with Crippen molar-refractivity contribution in [1.29, 1.82) is 0 Å². The van der Waals surface area contributed by atoms with Gasteiger partial charge in [-0.25, -0.2) is 0 Å². The largest absolute Gasteiger partial charge is 0.416 e. The van der Waals surface area contributed by atoms with Crippen LogP contribution in [-0.2, 0) is 30.4 Å². The highest BCUT2D eigenvalue weighted by Crippen LogP contribution is 2.29. The number of amides is 1. The summed E-state index contributed by atoms with van der Waals surface area (Å²) in [4.78, 5) is 16.6. The molecule has 0 radical (unpaired) electrons. The maximum atomic E-state index is 12.6. The van der Waals surface area contributed by atoms with E-state index in [0.717, 1.165) is 31.6 Å². The number of carbonyl (C=O) groups excluding carboxylic acids is 1. The number of likely N-dealkylation sites (tertiary alicyclic amines) is 1. The number of fused-ring (bicyclic) bond motifs is 1. The molecule has 2 aromatic carbocycles. The van der Waals surface area contributed by atoms with Crippen LogP contribution in [0.3, 0.4) is 0 Å². The summed E-state index contributed by atoms with van der Waals surface area (Å²) in [6, 6.07) is 13.7. The van der Waals surface area contributed by atoms with E-state index in [1.54, 1.807) is 4.90 Å². The van der Waals surface area contributed by atoms with Crippen LogP contribution in [0.15, 0.2) is 48.5 Å². The number of rotatable bonds is 3. The Kier molecular flexibility index (Phi) is 4.68. The van der Waals surface area contributed by atoms with Crippen LogP contribution in [-0.4, -0.2) is 41.4 Å². The normalized spacial score (nSPS) is 18.1. The van der Waals surface area contributed by atoms with Gasteiger partial charge in [-0.1, -0.05) is 36.4 Å². The van der Waals surface area contributed by atoms with Crippen LogP contribution in [0.25, 0.3) is 0 Å². The minimum Gasteiger partial charge on any atom is -0.339 e. The van der Waals surface area contributed by atoms with Gasteiger partial charge < -0.3 is 4.90 Å². The van der Waals surface area contributed by atoms with Crippen LogP contribution in [0.5, 0.6) is 0 Å². The van der Waals surface area contributed by atoms with E-state index in [4.69, 9.17) is 0 Å². The molecule has 0 N–H and O–H groups in total. The zero-order chi connectivity index (χ0) is 19.0. The van der Waals surface area contributed by atoms with Gasteiger partial charge in [0.25, 0.3) is 0 Å². The molecule has 1 amide bonds. The number of hydrogen-bond donors (Lipinski definition) is 0. The van der Waals surface area contributed by atoms with Crippen molar-refractivity contribution in [2.45, 2.75) is 31.6 Å². The average Bonchev–Trinajstić information content (AvgIpc) is 2.60. The minimum atomic E-state index is -4.35. The molecule has 3 nitrogen and oxygen atoms in total. The molecule has 2 aliphatic rings. The maximum absolute atomic E-state index is 12.6. The van der Waals surface area contributed by atoms with E-state index in [9.17, 15) is 18.0 Å². The molecule has 2 aromatic rings. The number of benzene rings is 2. The predicted octanol–water partition coefficient (Wildman–Crippen LogP) is 3.52. The first kappa shape index (κ1) is 18.0. The van der Waals surface area contributed by atoms with Gasteiger partial charge in [-0.3, -0.25) is 9.69 Å². The van der Waals surface area contributed by atoms with E-state index in [0.29, 0.717) is 24.7 Å². The zero-order valence-corrected chi connectivity index (χ0v) is 14.9. The van der Waals surface area contributed by atoms with Gasteiger partial charge in [0.2, 0.25) is 5.91 Å². The van der Waals surface area contributed by atoms with E-state index in [2.05, 4.69) is 29.2 Å². The number of alkyl halides is 3. The molecule has 0 aromatic heterocycles. The van der Waals surface area contributed by atoms with Gasteiger partial charge in [0, 0.05) is 32.2 Å². The van der Waals surface area contributed by atoms with E-state index < -0.39 is 11.7 Å². The van der Waals surface area contributed by atoms with Gasteiger partial charge in [0.15, 0.2) is 0 Å². The molecule has 27 heavy (non-hydrogen) atoms. The summed E-state index contributed by atoms with van der Waals surface area (Å²) in [6.45, 7) is 3.31. The molecule has 0 bridgehead atoms. The Hall–Kier alpha value is -2.34. The molecular formula is C21H21F3N2O. The van der Waals surface area contributed by atoms with Crippen LogP contribution in [0, 0.1) is 0 Å². The van der Waals surface area contributed by atoms with E-state index >= 15 is 0 Å². The number of halogens is 3. The molecule has 142 valence electrons. The van der Waals surface area contributed by atoms with Gasteiger partial charge in [-0.05, 0) is 35.2 Å². The number of hydrogen-bond acceptors (Lipinski definition) is 2. The van der Waals surface area contributed by atoms with Gasteiger partial charge in [0.05, 0.1) is 12.0 Å². The maximum Gasteiger partial charge on any atom is 0.416 e. The predicted molar refractivity (Wildman–Crippen MR) is 96.1 cm³/mol. The summed E-state index contributed by atoms with van der Waals surface area (Å²) in [5, 5.41) is 0. The van der Waals surface area contributed by atoms with Crippen LogP contribution < -0.4 is 0 Å². The van der Waals surface area contributed by atoms with E-state index in [1.165, 1.54) is 23.3 Å². The molecule has 1 fully saturated rings. The number of nitrogens with zero attached hydrogens (tertiary/aromatic N) is 2. The minimum absolute atomic E-state index is 0.0246. The van der Waals surface area contributed by atoms with E-state index in [1.807, 2.05) is 0 Å². The van der Waals surface area contributed by atoms with Gasteiger partial charge in [-0.15, -0.1) is 0 Å². The Bertz CT molecular complexity index is 826. The lowest BCUT2D eigenvalue weighted by Crippen LogP contribution is -2.61. The standard InChI is InChI=1S/C21H21F3N2O/c22-21(23,24)18-7-5-15(6-8-18)11-20(27)26-13-19(14-26)25-10-9-16-3-1-2-4-17(16)12-25/h1-8,19H,9-14H2. The molecule has 0 unspecified atom stereocenters. The molecule has 0 aliphatic carbocycles. The third kappa shape index (κ3) is 3.86. The lowest BCUT2D eigenvalue weighted by atomic mass is 9.96. The lowest BCUT2D eigenvalue weighted by molar-refractivity contribution is -0.138. The summed E-state index contributed by atoms with van der Waals surface area (Å²) < 4.78 is 37.8. The van der Waals surface area contributed by atoms with Crippen LogP contribution >= 0.6 is 0 Å². The Morgan fingerprint density at radius 3 is 2.33 bits per heavy atom. The molecular weight excluding hydrogens is 353 g/mol. The van der Waals surface area contributed by atoms with Crippen molar-refractivity contribution in [3.8, 4) is 0 Å². The Balaban J connectivity index is 1.29. The first-order valence-corrected chi connectivity index (χ1v) is 9.15. The lowest BCUT2D eigenvalue weighted by Gasteiger charge is -2.47. The smallest absolute Gasteiger partial charge is 0.339 e. The van der Waals surface area contributed by atoms with Crippen molar-refractivity contribution in [2.24, 2.45) is 0 Å².